The van der Waals surface area contributed by atoms with Crippen molar-refractivity contribution in [3.8, 4) is 0 Å². The summed E-state index contributed by atoms with van der Waals surface area (Å²) in [6.07, 6.45) is 0. The van der Waals surface area contributed by atoms with Gasteiger partial charge in [0.1, 0.15) is 4.83 Å². The summed E-state index contributed by atoms with van der Waals surface area (Å²) in [5.74, 6) is 0.243. The fourth-order valence-corrected chi connectivity index (χ4v) is 2.62. The van der Waals surface area contributed by atoms with Gasteiger partial charge in [0.25, 0.3) is 5.91 Å². The van der Waals surface area contributed by atoms with Crippen LogP contribution in [0.4, 0.5) is 5.69 Å². The Morgan fingerprint density at radius 1 is 1.28 bits per heavy atom. The number of anilines is 1. The number of thiophene rings is 1. The average molecular weight is 257 g/mol. The Hall–Kier alpha value is -2.14. The highest BCUT2D eigenvalue weighted by Crippen LogP contribution is 2.21. The molecule has 90 valence electrons. The first-order chi connectivity index (χ1) is 8.75. The van der Waals surface area contributed by atoms with Gasteiger partial charge in [-0.05, 0) is 23.6 Å². The van der Waals surface area contributed by atoms with E-state index in [4.69, 9.17) is 0 Å². The van der Waals surface area contributed by atoms with Crippen LogP contribution in [0.25, 0.3) is 10.3 Å². The van der Waals surface area contributed by atoms with Gasteiger partial charge in [-0.25, -0.2) is 4.98 Å². The van der Waals surface area contributed by atoms with Crippen LogP contribution in [0.2, 0.25) is 0 Å². The first-order valence-corrected chi connectivity index (χ1v) is 6.40. The van der Waals surface area contributed by atoms with E-state index in [0.29, 0.717) is 5.82 Å². The number of benzene rings is 1. The number of hydrogen-bond donors (Lipinski definition) is 1. The van der Waals surface area contributed by atoms with Gasteiger partial charge >= 0.3 is 0 Å². The lowest BCUT2D eigenvalue weighted by molar-refractivity contribution is 0.101. The molecule has 0 saturated carbocycles. The van der Waals surface area contributed by atoms with Gasteiger partial charge in [-0.1, -0.05) is 18.2 Å². The quantitative estimate of drug-likeness (QED) is 0.767. The Bertz CT molecular complexity index is 699. The van der Waals surface area contributed by atoms with Crippen LogP contribution in [0, 0.1) is 0 Å². The topological polar surface area (TPSA) is 46.9 Å². The third-order valence-corrected chi connectivity index (χ3v) is 3.54. The molecule has 2 heterocycles. The number of aromatic nitrogens is 2. The number of hydrogen-bond acceptors (Lipinski definition) is 3. The summed E-state index contributed by atoms with van der Waals surface area (Å²) < 4.78 is 1.81. The zero-order valence-electron chi connectivity index (χ0n) is 9.75. The van der Waals surface area contributed by atoms with E-state index >= 15 is 0 Å². The van der Waals surface area contributed by atoms with Crippen LogP contribution in [-0.2, 0) is 7.05 Å². The number of amides is 1. The summed E-state index contributed by atoms with van der Waals surface area (Å²) in [4.78, 5) is 17.3. The van der Waals surface area contributed by atoms with Gasteiger partial charge < -0.3 is 9.88 Å². The molecule has 0 saturated heterocycles. The predicted octanol–water partition coefficient (Wildman–Crippen LogP) is 2.89. The third kappa shape index (κ3) is 1.78. The number of para-hydroxylation sites is 1. The van der Waals surface area contributed by atoms with Crippen molar-refractivity contribution in [3.05, 3.63) is 47.6 Å². The van der Waals surface area contributed by atoms with Crippen LogP contribution in [0.1, 0.15) is 10.6 Å². The van der Waals surface area contributed by atoms with E-state index in [1.807, 2.05) is 53.4 Å². The van der Waals surface area contributed by atoms with Crippen molar-refractivity contribution in [1.82, 2.24) is 9.55 Å². The number of aryl methyl sites for hydroxylation is 1. The first-order valence-electron chi connectivity index (χ1n) is 5.52. The molecule has 0 atom stereocenters. The van der Waals surface area contributed by atoms with E-state index in [9.17, 15) is 4.79 Å². The Morgan fingerprint density at radius 3 is 2.78 bits per heavy atom. The molecule has 2 aromatic heterocycles. The SMILES string of the molecule is Cn1c(C(=O)Nc2ccccc2)nc2sccc21. The fourth-order valence-electron chi connectivity index (χ4n) is 1.83. The lowest BCUT2D eigenvalue weighted by Gasteiger charge is -2.04. The van der Waals surface area contributed by atoms with Gasteiger partial charge in [-0.15, -0.1) is 11.3 Å². The van der Waals surface area contributed by atoms with Gasteiger partial charge in [0.15, 0.2) is 0 Å². The lowest BCUT2D eigenvalue weighted by Crippen LogP contribution is -2.16. The minimum atomic E-state index is -0.188. The number of nitrogens with one attached hydrogen (secondary N) is 1. The molecule has 3 rings (SSSR count). The van der Waals surface area contributed by atoms with Crippen molar-refractivity contribution in [2.75, 3.05) is 5.32 Å². The van der Waals surface area contributed by atoms with Crippen molar-refractivity contribution in [1.29, 1.82) is 0 Å². The van der Waals surface area contributed by atoms with Crippen molar-refractivity contribution >= 4 is 33.3 Å². The number of carbonyl (C=O) groups is 1. The minimum absolute atomic E-state index is 0.188. The number of rotatable bonds is 2. The van der Waals surface area contributed by atoms with Crippen LogP contribution in [0.5, 0.6) is 0 Å². The Kier molecular flexibility index (Phi) is 2.60. The van der Waals surface area contributed by atoms with Gasteiger partial charge in [-0.2, -0.15) is 0 Å². The molecule has 5 heteroatoms. The molecule has 0 unspecified atom stereocenters. The molecular formula is C13H11N3OS. The second-order valence-corrected chi connectivity index (χ2v) is 4.82. The molecule has 0 bridgehead atoms. The molecule has 1 N–H and O–H groups in total. The number of nitrogens with zero attached hydrogens (tertiary/aromatic N) is 2. The zero-order valence-corrected chi connectivity index (χ0v) is 10.6. The highest BCUT2D eigenvalue weighted by atomic mass is 32.1. The van der Waals surface area contributed by atoms with Gasteiger partial charge in [0.05, 0.1) is 5.52 Å². The minimum Gasteiger partial charge on any atom is -0.322 e. The summed E-state index contributed by atoms with van der Waals surface area (Å²) in [5.41, 5.74) is 1.76. The van der Waals surface area contributed by atoms with Crippen LogP contribution in [-0.4, -0.2) is 15.5 Å². The van der Waals surface area contributed by atoms with E-state index in [-0.39, 0.29) is 5.91 Å². The maximum atomic E-state index is 12.1. The van der Waals surface area contributed by atoms with Crippen molar-refractivity contribution in [2.45, 2.75) is 0 Å². The normalized spacial score (nSPS) is 10.7. The lowest BCUT2D eigenvalue weighted by atomic mass is 10.3. The summed E-state index contributed by atoms with van der Waals surface area (Å²) in [5, 5.41) is 4.80. The maximum Gasteiger partial charge on any atom is 0.291 e. The second kappa shape index (κ2) is 4.27. The second-order valence-electron chi connectivity index (χ2n) is 3.93. The fraction of sp³-hybridized carbons (Fsp3) is 0.0769. The van der Waals surface area contributed by atoms with E-state index < -0.39 is 0 Å². The molecule has 0 aliphatic rings. The van der Waals surface area contributed by atoms with Gasteiger partial charge in [-0.3, -0.25) is 4.79 Å². The molecule has 4 nitrogen and oxygen atoms in total. The molecule has 0 aliphatic heterocycles. The number of imidazole rings is 1. The van der Waals surface area contributed by atoms with E-state index in [1.165, 1.54) is 11.3 Å². The standard InChI is InChI=1S/C13H11N3OS/c1-16-10-7-8-18-13(10)15-11(16)12(17)14-9-5-3-2-4-6-9/h2-8H,1H3,(H,14,17). The monoisotopic (exact) mass is 257 g/mol. The van der Waals surface area contributed by atoms with Crippen molar-refractivity contribution in [2.24, 2.45) is 7.05 Å². The number of fused-ring (bicyclic) bond motifs is 1. The predicted molar refractivity (Wildman–Crippen MR) is 73.0 cm³/mol. The smallest absolute Gasteiger partial charge is 0.291 e. The van der Waals surface area contributed by atoms with Crippen molar-refractivity contribution in [3.63, 3.8) is 0 Å². The summed E-state index contributed by atoms with van der Waals surface area (Å²) in [7, 11) is 1.85. The van der Waals surface area contributed by atoms with Crippen LogP contribution < -0.4 is 5.32 Å². The summed E-state index contributed by atoms with van der Waals surface area (Å²) in [6.45, 7) is 0. The molecule has 0 fully saturated rings. The van der Waals surface area contributed by atoms with E-state index in [0.717, 1.165) is 16.0 Å². The molecule has 0 aliphatic carbocycles. The molecular weight excluding hydrogens is 246 g/mol. The van der Waals surface area contributed by atoms with Gasteiger partial charge in [0.2, 0.25) is 5.82 Å². The van der Waals surface area contributed by atoms with E-state index in [2.05, 4.69) is 10.3 Å². The largest absolute Gasteiger partial charge is 0.322 e. The highest BCUT2D eigenvalue weighted by Gasteiger charge is 2.15. The molecule has 18 heavy (non-hydrogen) atoms. The van der Waals surface area contributed by atoms with Crippen LogP contribution in [0.15, 0.2) is 41.8 Å². The molecule has 1 aromatic carbocycles. The molecule has 1 amide bonds. The maximum absolute atomic E-state index is 12.1. The van der Waals surface area contributed by atoms with Gasteiger partial charge in [0, 0.05) is 12.7 Å². The summed E-state index contributed by atoms with van der Waals surface area (Å²) >= 11 is 1.53. The Balaban J connectivity index is 1.92. The van der Waals surface area contributed by atoms with Crippen LogP contribution in [0.3, 0.4) is 0 Å². The summed E-state index contributed by atoms with van der Waals surface area (Å²) in [6, 6.07) is 11.3. The molecule has 0 radical (unpaired) electrons. The van der Waals surface area contributed by atoms with Crippen LogP contribution >= 0.6 is 11.3 Å². The molecule has 3 aromatic rings. The first kappa shape index (κ1) is 11.0. The Morgan fingerprint density at radius 2 is 2.06 bits per heavy atom. The molecule has 0 spiro atoms. The van der Waals surface area contributed by atoms with Crippen molar-refractivity contribution < 1.29 is 4.79 Å². The Labute approximate surface area is 108 Å². The van der Waals surface area contributed by atoms with E-state index in [1.54, 1.807) is 0 Å². The zero-order chi connectivity index (χ0) is 12.5. The third-order valence-electron chi connectivity index (χ3n) is 2.75. The highest BCUT2D eigenvalue weighted by molar-refractivity contribution is 7.16. The number of carbonyl (C=O) groups excluding carboxylic acids is 1. The average Bonchev–Trinajstić information content (AvgIpc) is 2.94.